The number of carbonyl (C=O) groups excluding carboxylic acids is 1. The molecule has 19 heavy (non-hydrogen) atoms. The van der Waals surface area contributed by atoms with Crippen LogP contribution in [-0.2, 0) is 0 Å². The molecule has 0 aromatic heterocycles. The average molecular weight is 254 g/mol. The van der Waals surface area contributed by atoms with Crippen molar-refractivity contribution >= 4 is 11.7 Å². The molecule has 3 heteroatoms. The summed E-state index contributed by atoms with van der Waals surface area (Å²) in [6.07, 6.45) is 0. The van der Waals surface area contributed by atoms with Gasteiger partial charge in [-0.3, -0.25) is 4.90 Å². The zero-order chi connectivity index (χ0) is 13.7. The molecule has 98 valence electrons. The van der Waals surface area contributed by atoms with Crippen molar-refractivity contribution in [1.82, 2.24) is 5.32 Å². The summed E-state index contributed by atoms with van der Waals surface area (Å²) in [5, 5.41) is 2.98. The molecular formula is C16H18N2O. The molecule has 0 spiro atoms. The van der Waals surface area contributed by atoms with Crippen LogP contribution < -0.4 is 10.2 Å². The Balaban J connectivity index is 2.02. The minimum Gasteiger partial charge on any atom is -0.331 e. The van der Waals surface area contributed by atoms with Gasteiger partial charge in [-0.2, -0.15) is 0 Å². The van der Waals surface area contributed by atoms with Gasteiger partial charge in [0.2, 0.25) is 0 Å². The van der Waals surface area contributed by atoms with Crippen molar-refractivity contribution in [3.05, 3.63) is 66.2 Å². The maximum atomic E-state index is 12.1. The van der Waals surface area contributed by atoms with Crippen molar-refractivity contribution in [2.75, 3.05) is 11.9 Å². The van der Waals surface area contributed by atoms with E-state index in [9.17, 15) is 4.79 Å². The first-order valence-electron chi connectivity index (χ1n) is 6.32. The fraction of sp³-hybridized carbons (Fsp3) is 0.188. The number of nitrogens with one attached hydrogen (secondary N) is 1. The van der Waals surface area contributed by atoms with Crippen LogP contribution in [0.4, 0.5) is 10.5 Å². The van der Waals surface area contributed by atoms with Crippen molar-refractivity contribution in [2.24, 2.45) is 0 Å². The van der Waals surface area contributed by atoms with Gasteiger partial charge in [0.05, 0.1) is 6.04 Å². The molecule has 2 aromatic carbocycles. The van der Waals surface area contributed by atoms with Crippen molar-refractivity contribution in [3.8, 4) is 0 Å². The van der Waals surface area contributed by atoms with E-state index in [1.165, 1.54) is 0 Å². The SMILES string of the molecule is C[C@@H](NC(=O)N(C)c1ccccc1)c1ccccc1. The van der Waals surface area contributed by atoms with Crippen molar-refractivity contribution in [1.29, 1.82) is 0 Å². The summed E-state index contributed by atoms with van der Waals surface area (Å²) in [5.74, 6) is 0. The van der Waals surface area contributed by atoms with E-state index in [2.05, 4.69) is 5.32 Å². The van der Waals surface area contributed by atoms with Crippen LogP contribution in [0.15, 0.2) is 60.7 Å². The summed E-state index contributed by atoms with van der Waals surface area (Å²) in [7, 11) is 1.77. The maximum absolute atomic E-state index is 12.1. The summed E-state index contributed by atoms with van der Waals surface area (Å²) < 4.78 is 0. The molecule has 2 rings (SSSR count). The molecule has 0 aliphatic rings. The van der Waals surface area contributed by atoms with Gasteiger partial charge in [-0.15, -0.1) is 0 Å². The number of benzene rings is 2. The lowest BCUT2D eigenvalue weighted by Gasteiger charge is -2.21. The van der Waals surface area contributed by atoms with E-state index in [1.807, 2.05) is 67.6 Å². The van der Waals surface area contributed by atoms with Gasteiger partial charge >= 0.3 is 6.03 Å². The number of urea groups is 1. The minimum absolute atomic E-state index is 0.0140. The summed E-state index contributed by atoms with van der Waals surface area (Å²) in [5.41, 5.74) is 1.97. The van der Waals surface area contributed by atoms with Gasteiger partial charge in [-0.05, 0) is 24.6 Å². The highest BCUT2D eigenvalue weighted by molar-refractivity contribution is 5.91. The molecule has 3 nitrogen and oxygen atoms in total. The number of nitrogens with zero attached hydrogens (tertiary/aromatic N) is 1. The standard InChI is InChI=1S/C16H18N2O/c1-13(14-9-5-3-6-10-14)17-16(19)18(2)15-11-7-4-8-12-15/h3-13H,1-2H3,(H,17,19)/t13-/m1/s1. The van der Waals surface area contributed by atoms with Crippen LogP contribution in [0.1, 0.15) is 18.5 Å². The first kappa shape index (κ1) is 13.1. The third-order valence-corrected chi connectivity index (χ3v) is 3.09. The zero-order valence-corrected chi connectivity index (χ0v) is 11.2. The molecule has 2 aromatic rings. The third-order valence-electron chi connectivity index (χ3n) is 3.09. The highest BCUT2D eigenvalue weighted by atomic mass is 16.2. The monoisotopic (exact) mass is 254 g/mol. The Hall–Kier alpha value is -2.29. The first-order chi connectivity index (χ1) is 9.18. The van der Waals surface area contributed by atoms with Gasteiger partial charge in [0.1, 0.15) is 0 Å². The quantitative estimate of drug-likeness (QED) is 0.892. The molecule has 0 unspecified atom stereocenters. The van der Waals surface area contributed by atoms with Gasteiger partial charge in [-0.1, -0.05) is 48.5 Å². The second-order valence-corrected chi connectivity index (χ2v) is 4.48. The summed E-state index contributed by atoms with van der Waals surface area (Å²) >= 11 is 0. The Morgan fingerprint density at radius 3 is 2.11 bits per heavy atom. The number of hydrogen-bond acceptors (Lipinski definition) is 1. The predicted octanol–water partition coefficient (Wildman–Crippen LogP) is 3.59. The molecule has 0 bridgehead atoms. The third kappa shape index (κ3) is 3.35. The second-order valence-electron chi connectivity index (χ2n) is 4.48. The first-order valence-corrected chi connectivity index (χ1v) is 6.32. The van der Waals surface area contributed by atoms with E-state index < -0.39 is 0 Å². The second kappa shape index (κ2) is 6.05. The molecule has 0 aliphatic carbocycles. The van der Waals surface area contributed by atoms with Crippen LogP contribution >= 0.6 is 0 Å². The number of rotatable bonds is 3. The lowest BCUT2D eigenvalue weighted by molar-refractivity contribution is 0.244. The number of amides is 2. The molecule has 0 saturated heterocycles. The summed E-state index contributed by atoms with van der Waals surface area (Å²) in [6, 6.07) is 19.4. The number of anilines is 1. The predicted molar refractivity (Wildman–Crippen MR) is 78.2 cm³/mol. The van der Waals surface area contributed by atoms with Crippen molar-refractivity contribution < 1.29 is 4.79 Å². The Labute approximate surface area is 113 Å². The normalized spacial score (nSPS) is 11.7. The summed E-state index contributed by atoms with van der Waals surface area (Å²) in [4.78, 5) is 13.8. The Morgan fingerprint density at radius 2 is 1.53 bits per heavy atom. The Kier molecular flexibility index (Phi) is 4.18. The topological polar surface area (TPSA) is 32.3 Å². The van der Waals surface area contributed by atoms with E-state index in [0.29, 0.717) is 0 Å². The van der Waals surface area contributed by atoms with Crippen LogP contribution in [0, 0.1) is 0 Å². The van der Waals surface area contributed by atoms with Crippen molar-refractivity contribution in [2.45, 2.75) is 13.0 Å². The maximum Gasteiger partial charge on any atom is 0.322 e. The largest absolute Gasteiger partial charge is 0.331 e. The lowest BCUT2D eigenvalue weighted by atomic mass is 10.1. The Bertz CT molecular complexity index is 525. The van der Waals surface area contributed by atoms with Crippen LogP contribution in [-0.4, -0.2) is 13.1 Å². The fourth-order valence-electron chi connectivity index (χ4n) is 1.88. The Morgan fingerprint density at radius 1 is 1.00 bits per heavy atom. The van der Waals surface area contributed by atoms with Gasteiger partial charge in [0, 0.05) is 12.7 Å². The smallest absolute Gasteiger partial charge is 0.322 e. The van der Waals surface area contributed by atoms with E-state index >= 15 is 0 Å². The van der Waals surface area contributed by atoms with E-state index in [0.717, 1.165) is 11.3 Å². The van der Waals surface area contributed by atoms with Crippen LogP contribution in [0.3, 0.4) is 0 Å². The van der Waals surface area contributed by atoms with Crippen LogP contribution in [0.5, 0.6) is 0 Å². The molecule has 0 heterocycles. The van der Waals surface area contributed by atoms with E-state index in [4.69, 9.17) is 0 Å². The van der Waals surface area contributed by atoms with Crippen LogP contribution in [0.2, 0.25) is 0 Å². The van der Waals surface area contributed by atoms with E-state index in [-0.39, 0.29) is 12.1 Å². The summed E-state index contributed by atoms with van der Waals surface area (Å²) in [6.45, 7) is 1.98. The zero-order valence-electron chi connectivity index (χ0n) is 11.2. The van der Waals surface area contributed by atoms with Crippen molar-refractivity contribution in [3.63, 3.8) is 0 Å². The van der Waals surface area contributed by atoms with E-state index in [1.54, 1.807) is 11.9 Å². The van der Waals surface area contributed by atoms with Gasteiger partial charge in [-0.25, -0.2) is 4.79 Å². The molecule has 0 aliphatic heterocycles. The van der Waals surface area contributed by atoms with Gasteiger partial charge < -0.3 is 5.32 Å². The highest BCUT2D eigenvalue weighted by Gasteiger charge is 2.13. The number of carbonyl (C=O) groups is 1. The molecule has 0 radical (unpaired) electrons. The molecule has 1 atom stereocenters. The number of hydrogen-bond donors (Lipinski definition) is 1. The van der Waals surface area contributed by atoms with Gasteiger partial charge in [0.15, 0.2) is 0 Å². The van der Waals surface area contributed by atoms with Gasteiger partial charge in [0.25, 0.3) is 0 Å². The number of para-hydroxylation sites is 1. The highest BCUT2D eigenvalue weighted by Crippen LogP contribution is 2.14. The molecule has 0 fully saturated rings. The average Bonchev–Trinajstić information content (AvgIpc) is 2.48. The molecule has 1 N–H and O–H groups in total. The minimum atomic E-state index is -0.109. The molecular weight excluding hydrogens is 236 g/mol. The van der Waals surface area contributed by atoms with Crippen LogP contribution in [0.25, 0.3) is 0 Å². The molecule has 0 saturated carbocycles. The lowest BCUT2D eigenvalue weighted by Crippen LogP contribution is -2.38. The molecule has 2 amide bonds. The fourth-order valence-corrected chi connectivity index (χ4v) is 1.88.